The molecule has 2 aliphatic carbocycles. The van der Waals surface area contributed by atoms with Crippen LogP contribution >= 0.6 is 0 Å². The van der Waals surface area contributed by atoms with Crippen molar-refractivity contribution in [1.29, 1.82) is 0 Å². The summed E-state index contributed by atoms with van der Waals surface area (Å²) in [6.45, 7) is 11.5. The molecule has 0 saturated heterocycles. The second kappa shape index (κ2) is 7.53. The molecule has 2 aliphatic rings. The van der Waals surface area contributed by atoms with Crippen LogP contribution in [0, 0.1) is 11.8 Å². The fourth-order valence-electron chi connectivity index (χ4n) is 4.00. The van der Waals surface area contributed by atoms with Gasteiger partial charge in [-0.2, -0.15) is 0 Å². The van der Waals surface area contributed by atoms with Crippen molar-refractivity contribution in [1.82, 2.24) is 0 Å². The average molecular weight is 345 g/mol. The molecule has 0 aromatic rings. The van der Waals surface area contributed by atoms with Crippen LogP contribution in [0.2, 0.25) is 18.1 Å². The highest BCUT2D eigenvalue weighted by Gasteiger charge is 2.41. The maximum Gasteiger partial charge on any atom is 0.192 e. The number of aliphatic hydroxyl groups is 1. The minimum absolute atomic E-state index is 0.182. The van der Waals surface area contributed by atoms with Gasteiger partial charge >= 0.3 is 0 Å². The molecular formula is C19H37FO2Si. The van der Waals surface area contributed by atoms with Gasteiger partial charge in [-0.05, 0) is 74.9 Å². The predicted molar refractivity (Wildman–Crippen MR) is 96.9 cm³/mol. The first kappa shape index (κ1) is 19.4. The minimum Gasteiger partial charge on any atom is -0.414 e. The van der Waals surface area contributed by atoms with Gasteiger partial charge < -0.3 is 9.53 Å². The fourth-order valence-corrected chi connectivity index (χ4v) is 5.42. The molecule has 0 aromatic heterocycles. The Bertz CT molecular complexity index is 372. The molecule has 136 valence electrons. The lowest BCUT2D eigenvalue weighted by Crippen LogP contribution is -2.45. The summed E-state index contributed by atoms with van der Waals surface area (Å²) in [4.78, 5) is 0. The molecule has 0 radical (unpaired) electrons. The van der Waals surface area contributed by atoms with Crippen LogP contribution in [0.15, 0.2) is 0 Å². The van der Waals surface area contributed by atoms with Gasteiger partial charge in [0.1, 0.15) is 6.17 Å². The van der Waals surface area contributed by atoms with E-state index in [2.05, 4.69) is 33.9 Å². The molecule has 2 fully saturated rings. The Balaban J connectivity index is 1.81. The predicted octanol–water partition coefficient (Wildman–Crippen LogP) is 5.46. The molecule has 0 spiro atoms. The van der Waals surface area contributed by atoms with E-state index in [1.54, 1.807) is 0 Å². The van der Waals surface area contributed by atoms with E-state index in [-0.39, 0.29) is 17.1 Å². The monoisotopic (exact) mass is 344 g/mol. The molecule has 2 rings (SSSR count). The van der Waals surface area contributed by atoms with Crippen molar-refractivity contribution < 1.29 is 13.9 Å². The van der Waals surface area contributed by atoms with Gasteiger partial charge in [0.25, 0.3) is 0 Å². The van der Waals surface area contributed by atoms with Crippen molar-refractivity contribution in [2.45, 2.75) is 109 Å². The summed E-state index contributed by atoms with van der Waals surface area (Å²) in [6.07, 6.45) is 6.75. The van der Waals surface area contributed by atoms with Crippen LogP contribution in [-0.4, -0.2) is 31.8 Å². The van der Waals surface area contributed by atoms with Gasteiger partial charge in [-0.3, -0.25) is 0 Å². The Morgan fingerprint density at radius 3 is 2.13 bits per heavy atom. The molecule has 3 atom stereocenters. The summed E-state index contributed by atoms with van der Waals surface area (Å²) >= 11 is 0. The van der Waals surface area contributed by atoms with Crippen molar-refractivity contribution in [3.63, 3.8) is 0 Å². The lowest BCUT2D eigenvalue weighted by molar-refractivity contribution is -0.0104. The Morgan fingerprint density at radius 1 is 1.00 bits per heavy atom. The zero-order chi connectivity index (χ0) is 17.3. The number of hydrogen-bond acceptors (Lipinski definition) is 2. The van der Waals surface area contributed by atoms with E-state index in [0.29, 0.717) is 24.9 Å². The van der Waals surface area contributed by atoms with Crippen LogP contribution in [-0.2, 0) is 4.43 Å². The molecule has 23 heavy (non-hydrogen) atoms. The summed E-state index contributed by atoms with van der Waals surface area (Å²) in [5.41, 5.74) is 0. The fraction of sp³-hybridized carbons (Fsp3) is 1.00. The van der Waals surface area contributed by atoms with Crippen LogP contribution in [0.4, 0.5) is 4.39 Å². The van der Waals surface area contributed by atoms with Crippen molar-refractivity contribution >= 4 is 8.32 Å². The Labute approximate surface area is 143 Å². The van der Waals surface area contributed by atoms with E-state index < -0.39 is 14.5 Å². The van der Waals surface area contributed by atoms with Crippen LogP contribution in [0.3, 0.4) is 0 Å². The molecule has 3 unspecified atom stereocenters. The van der Waals surface area contributed by atoms with Crippen LogP contribution in [0.5, 0.6) is 0 Å². The highest BCUT2D eigenvalue weighted by Crippen LogP contribution is 2.41. The van der Waals surface area contributed by atoms with E-state index >= 15 is 0 Å². The molecule has 0 amide bonds. The van der Waals surface area contributed by atoms with E-state index in [9.17, 15) is 9.50 Å². The number of alkyl halides is 1. The number of halogens is 1. The standard InChI is InChI=1S/C19H37FO2Si/c1-19(2,3)23(4,5)22-17-11-9-14(10-12-17)18(21)15-7-6-8-16(20)13-15/h14-18,21H,6-13H2,1-5H3. The van der Waals surface area contributed by atoms with E-state index in [0.717, 1.165) is 38.5 Å². The van der Waals surface area contributed by atoms with Gasteiger partial charge in [0.05, 0.1) is 6.10 Å². The van der Waals surface area contributed by atoms with E-state index in [1.807, 2.05) is 0 Å². The van der Waals surface area contributed by atoms with Gasteiger partial charge in [-0.1, -0.05) is 27.2 Å². The largest absolute Gasteiger partial charge is 0.414 e. The Morgan fingerprint density at radius 2 is 1.61 bits per heavy atom. The van der Waals surface area contributed by atoms with E-state index in [1.165, 1.54) is 0 Å². The van der Waals surface area contributed by atoms with Crippen molar-refractivity contribution in [3.05, 3.63) is 0 Å². The highest BCUT2D eigenvalue weighted by molar-refractivity contribution is 6.74. The normalized spacial score (nSPS) is 35.1. The van der Waals surface area contributed by atoms with Crippen LogP contribution < -0.4 is 0 Å². The molecule has 0 bridgehead atoms. The molecule has 4 heteroatoms. The topological polar surface area (TPSA) is 29.5 Å². The molecular weight excluding hydrogens is 307 g/mol. The molecule has 2 nitrogen and oxygen atoms in total. The average Bonchev–Trinajstić information content (AvgIpc) is 2.46. The van der Waals surface area contributed by atoms with Crippen molar-refractivity contribution in [3.8, 4) is 0 Å². The van der Waals surface area contributed by atoms with Gasteiger partial charge in [-0.15, -0.1) is 0 Å². The maximum atomic E-state index is 13.6. The summed E-state index contributed by atoms with van der Waals surface area (Å²) < 4.78 is 20.1. The minimum atomic E-state index is -1.69. The number of hydrogen-bond donors (Lipinski definition) is 1. The number of rotatable bonds is 4. The highest BCUT2D eigenvalue weighted by atomic mass is 28.4. The van der Waals surface area contributed by atoms with Crippen molar-refractivity contribution in [2.75, 3.05) is 0 Å². The lowest BCUT2D eigenvalue weighted by atomic mass is 9.74. The summed E-state index contributed by atoms with van der Waals surface area (Å²) in [7, 11) is -1.69. The van der Waals surface area contributed by atoms with Crippen LogP contribution in [0.25, 0.3) is 0 Å². The van der Waals surface area contributed by atoms with Gasteiger partial charge in [0.15, 0.2) is 8.32 Å². The second-order valence-electron chi connectivity index (χ2n) is 9.43. The zero-order valence-electron chi connectivity index (χ0n) is 15.8. The maximum absolute atomic E-state index is 13.6. The smallest absolute Gasteiger partial charge is 0.192 e. The van der Waals surface area contributed by atoms with Gasteiger partial charge in [0, 0.05) is 6.10 Å². The molecule has 0 aromatic carbocycles. The molecule has 0 heterocycles. The van der Waals surface area contributed by atoms with Crippen molar-refractivity contribution in [2.24, 2.45) is 11.8 Å². The second-order valence-corrected chi connectivity index (χ2v) is 14.2. The Hall–Kier alpha value is 0.0669. The molecule has 0 aliphatic heterocycles. The first-order chi connectivity index (χ1) is 10.6. The number of aliphatic hydroxyl groups excluding tert-OH is 1. The third kappa shape index (κ3) is 5.02. The lowest BCUT2D eigenvalue weighted by Gasteiger charge is -2.42. The first-order valence-electron chi connectivity index (χ1n) is 9.60. The SMILES string of the molecule is CC(C)(C)[Si](C)(C)OC1CCC(C(O)C2CCCC(F)C2)CC1. The van der Waals surface area contributed by atoms with Crippen LogP contribution in [0.1, 0.15) is 72.1 Å². The molecule has 1 N–H and O–H groups in total. The summed E-state index contributed by atoms with van der Waals surface area (Å²) in [6, 6.07) is 0. The first-order valence-corrected chi connectivity index (χ1v) is 12.5. The Kier molecular flexibility index (Phi) is 6.35. The quantitative estimate of drug-likeness (QED) is 0.687. The summed E-state index contributed by atoms with van der Waals surface area (Å²) in [5.74, 6) is 0.533. The van der Waals surface area contributed by atoms with E-state index in [4.69, 9.17) is 4.43 Å². The third-order valence-electron chi connectivity index (χ3n) is 6.60. The molecule has 2 saturated carbocycles. The van der Waals surface area contributed by atoms with Gasteiger partial charge in [-0.25, -0.2) is 4.39 Å². The summed E-state index contributed by atoms with van der Waals surface area (Å²) in [5, 5.41) is 10.9. The zero-order valence-corrected chi connectivity index (χ0v) is 16.8. The third-order valence-corrected chi connectivity index (χ3v) is 11.1. The van der Waals surface area contributed by atoms with Gasteiger partial charge in [0.2, 0.25) is 0 Å².